The molecule has 0 fully saturated rings. The van der Waals surface area contributed by atoms with Crippen molar-refractivity contribution in [2.45, 2.75) is 18.7 Å². The molecule has 0 radical (unpaired) electrons. The third kappa shape index (κ3) is 4.28. The second kappa shape index (κ2) is 9.32. The highest BCUT2D eigenvalue weighted by atomic mass is 79.9. The highest BCUT2D eigenvalue weighted by Gasteiger charge is 2.42. The molecular formula is C27H17BrCl2N2O4. The largest absolute Gasteiger partial charge is 0.463 e. The van der Waals surface area contributed by atoms with Crippen molar-refractivity contribution in [3.63, 3.8) is 0 Å². The number of carbonyl (C=O) groups is 1. The van der Waals surface area contributed by atoms with Crippen LogP contribution in [0.25, 0.3) is 0 Å². The maximum atomic E-state index is 12.5. The van der Waals surface area contributed by atoms with E-state index in [0.717, 1.165) is 21.3 Å². The van der Waals surface area contributed by atoms with E-state index < -0.39 is 12.2 Å². The van der Waals surface area contributed by atoms with Gasteiger partial charge in [-0.3, -0.25) is 0 Å². The molecule has 0 spiro atoms. The fourth-order valence-electron chi connectivity index (χ4n) is 4.38. The number of benzene rings is 3. The summed E-state index contributed by atoms with van der Waals surface area (Å²) < 4.78 is 18.4. The Labute approximate surface area is 225 Å². The summed E-state index contributed by atoms with van der Waals surface area (Å²) in [6.45, 7) is 0. The second-order valence-electron chi connectivity index (χ2n) is 8.37. The van der Waals surface area contributed by atoms with Crippen molar-refractivity contribution in [2.75, 3.05) is 0 Å². The molecule has 0 N–H and O–H groups in total. The SMILES string of the molecule is O=C(Oc1ccc([C@@H]2Oc3c(Cl)cc(Cl)cc3[C@H]3CC(c4ccco4)=NN32)cc1)c1ccc(Br)cc1. The van der Waals surface area contributed by atoms with Crippen LogP contribution in [-0.4, -0.2) is 16.7 Å². The van der Waals surface area contributed by atoms with E-state index in [2.05, 4.69) is 15.9 Å². The van der Waals surface area contributed by atoms with Gasteiger partial charge in [0.25, 0.3) is 0 Å². The van der Waals surface area contributed by atoms with E-state index >= 15 is 0 Å². The number of esters is 1. The standard InChI is InChI=1S/C27H17BrCl2N2O4/c28-17-7-3-16(4-8-17)27(33)35-19-9-5-15(6-10-19)26-32-23(14-22(31-32)24-2-1-11-34-24)20-12-18(29)13-21(30)25(20)36-26/h1-13,23,26H,14H2/t23-,26+/m1/s1. The van der Waals surface area contributed by atoms with Crippen molar-refractivity contribution in [3.05, 3.63) is 116 Å². The lowest BCUT2D eigenvalue weighted by Gasteiger charge is -2.38. The summed E-state index contributed by atoms with van der Waals surface area (Å²) >= 11 is 16.2. The lowest BCUT2D eigenvalue weighted by atomic mass is 9.97. The van der Waals surface area contributed by atoms with Crippen molar-refractivity contribution >= 4 is 50.8 Å². The van der Waals surface area contributed by atoms with Crippen molar-refractivity contribution in [2.24, 2.45) is 5.10 Å². The topological polar surface area (TPSA) is 64.3 Å². The highest BCUT2D eigenvalue weighted by Crippen LogP contribution is 2.50. The maximum Gasteiger partial charge on any atom is 0.343 e. The van der Waals surface area contributed by atoms with Crippen LogP contribution in [0.3, 0.4) is 0 Å². The van der Waals surface area contributed by atoms with Gasteiger partial charge in [-0.05, 0) is 72.8 Å². The van der Waals surface area contributed by atoms with Gasteiger partial charge in [-0.1, -0.05) is 39.1 Å². The number of rotatable bonds is 4. The minimum atomic E-state index is -0.551. The van der Waals surface area contributed by atoms with E-state index in [1.54, 1.807) is 48.7 Å². The molecule has 0 saturated carbocycles. The molecule has 36 heavy (non-hydrogen) atoms. The third-order valence-corrected chi connectivity index (χ3v) is 7.10. The second-order valence-corrected chi connectivity index (χ2v) is 10.1. The van der Waals surface area contributed by atoms with Crippen LogP contribution in [0.5, 0.6) is 11.5 Å². The number of nitrogens with zero attached hydrogens (tertiary/aromatic N) is 2. The molecule has 2 atom stereocenters. The normalized spacial score (nSPS) is 18.2. The van der Waals surface area contributed by atoms with Gasteiger partial charge < -0.3 is 13.9 Å². The zero-order valence-electron chi connectivity index (χ0n) is 18.5. The molecule has 4 aromatic rings. The average molecular weight is 584 g/mol. The van der Waals surface area contributed by atoms with Crippen LogP contribution >= 0.6 is 39.1 Å². The molecule has 6 nitrogen and oxygen atoms in total. The van der Waals surface area contributed by atoms with Crippen LogP contribution in [0, 0.1) is 0 Å². The Kier molecular flexibility index (Phi) is 5.99. The number of ether oxygens (including phenoxy) is 2. The predicted octanol–water partition coefficient (Wildman–Crippen LogP) is 7.81. The van der Waals surface area contributed by atoms with Crippen LogP contribution in [0.4, 0.5) is 0 Å². The smallest absolute Gasteiger partial charge is 0.343 e. The number of carbonyl (C=O) groups excluding carboxylic acids is 1. The molecule has 1 aromatic heterocycles. The minimum Gasteiger partial charge on any atom is -0.463 e. The summed E-state index contributed by atoms with van der Waals surface area (Å²) in [6.07, 6.45) is 1.68. The first-order valence-corrected chi connectivity index (χ1v) is 12.6. The molecule has 0 saturated heterocycles. The van der Waals surface area contributed by atoms with E-state index in [1.165, 1.54) is 0 Å². The van der Waals surface area contributed by atoms with Gasteiger partial charge in [-0.15, -0.1) is 0 Å². The van der Waals surface area contributed by atoms with Crippen LogP contribution in [0.15, 0.2) is 93.1 Å². The van der Waals surface area contributed by atoms with Crippen LogP contribution in [-0.2, 0) is 0 Å². The Bertz CT molecular complexity index is 1470. The number of hydrazone groups is 1. The number of hydrogen-bond donors (Lipinski definition) is 0. The number of halogens is 3. The van der Waals surface area contributed by atoms with E-state index in [4.69, 9.17) is 42.2 Å². The van der Waals surface area contributed by atoms with Crippen LogP contribution in [0.2, 0.25) is 10.0 Å². The fraction of sp³-hybridized carbons (Fsp3) is 0.111. The van der Waals surface area contributed by atoms with Gasteiger partial charge in [0, 0.05) is 27.0 Å². The first kappa shape index (κ1) is 23.2. The highest BCUT2D eigenvalue weighted by molar-refractivity contribution is 9.10. The van der Waals surface area contributed by atoms with Crippen molar-refractivity contribution in [1.29, 1.82) is 0 Å². The van der Waals surface area contributed by atoms with Gasteiger partial charge in [0.2, 0.25) is 6.23 Å². The minimum absolute atomic E-state index is 0.134. The van der Waals surface area contributed by atoms with Gasteiger partial charge in [-0.25, -0.2) is 9.80 Å². The summed E-state index contributed by atoms with van der Waals surface area (Å²) in [7, 11) is 0. The predicted molar refractivity (Wildman–Crippen MR) is 140 cm³/mol. The van der Waals surface area contributed by atoms with Gasteiger partial charge in [0.15, 0.2) is 0 Å². The average Bonchev–Trinajstić information content (AvgIpc) is 3.55. The van der Waals surface area contributed by atoms with E-state index in [1.807, 2.05) is 35.3 Å². The van der Waals surface area contributed by atoms with Crippen molar-refractivity contribution in [3.8, 4) is 11.5 Å². The Hall–Kier alpha value is -3.26. The molecule has 0 amide bonds. The van der Waals surface area contributed by atoms with Gasteiger partial charge in [0.1, 0.15) is 23.0 Å². The maximum absolute atomic E-state index is 12.5. The number of fused-ring (bicyclic) bond motifs is 3. The van der Waals surface area contributed by atoms with Gasteiger partial charge in [0.05, 0.1) is 22.9 Å². The zero-order valence-corrected chi connectivity index (χ0v) is 21.6. The number of hydrogen-bond acceptors (Lipinski definition) is 6. The summed E-state index contributed by atoms with van der Waals surface area (Å²) in [4.78, 5) is 12.5. The molecule has 6 rings (SSSR count). The summed E-state index contributed by atoms with van der Waals surface area (Å²) in [5.74, 6) is 1.27. The molecule has 0 bridgehead atoms. The van der Waals surface area contributed by atoms with Gasteiger partial charge in [-0.2, -0.15) is 5.10 Å². The number of furan rings is 1. The molecule has 0 aliphatic carbocycles. The Morgan fingerprint density at radius 1 is 1.06 bits per heavy atom. The van der Waals surface area contributed by atoms with E-state index in [0.29, 0.717) is 39.3 Å². The Morgan fingerprint density at radius 2 is 1.83 bits per heavy atom. The third-order valence-electron chi connectivity index (χ3n) is 6.07. The molecule has 9 heteroatoms. The first-order chi connectivity index (χ1) is 17.5. The van der Waals surface area contributed by atoms with Crippen molar-refractivity contribution < 1.29 is 18.7 Å². The quantitative estimate of drug-likeness (QED) is 0.181. The Balaban J connectivity index is 1.31. The van der Waals surface area contributed by atoms with Crippen LogP contribution < -0.4 is 9.47 Å². The molecule has 0 unspecified atom stereocenters. The molecule has 180 valence electrons. The Morgan fingerprint density at radius 3 is 2.56 bits per heavy atom. The fourth-order valence-corrected chi connectivity index (χ4v) is 5.20. The lowest BCUT2D eigenvalue weighted by molar-refractivity contribution is -0.0189. The van der Waals surface area contributed by atoms with E-state index in [9.17, 15) is 4.79 Å². The van der Waals surface area contributed by atoms with E-state index in [-0.39, 0.29) is 6.04 Å². The monoisotopic (exact) mass is 582 g/mol. The summed E-state index contributed by atoms with van der Waals surface area (Å²) in [6, 6.07) is 21.3. The summed E-state index contributed by atoms with van der Waals surface area (Å²) in [5, 5.41) is 7.71. The first-order valence-electron chi connectivity index (χ1n) is 11.1. The van der Waals surface area contributed by atoms with Crippen molar-refractivity contribution in [1.82, 2.24) is 5.01 Å². The molecule has 2 aliphatic heterocycles. The molecular weight excluding hydrogens is 567 g/mol. The van der Waals surface area contributed by atoms with Gasteiger partial charge >= 0.3 is 5.97 Å². The molecule has 3 heterocycles. The lowest BCUT2D eigenvalue weighted by Crippen LogP contribution is -2.33. The molecule has 2 aliphatic rings. The summed E-state index contributed by atoms with van der Waals surface area (Å²) in [5.41, 5.74) is 2.96. The molecule has 3 aromatic carbocycles. The zero-order chi connectivity index (χ0) is 24.8. The van der Waals surface area contributed by atoms with Crippen LogP contribution in [0.1, 0.15) is 45.9 Å².